The van der Waals surface area contributed by atoms with Gasteiger partial charge in [0.25, 0.3) is 5.91 Å². The first-order valence-corrected chi connectivity index (χ1v) is 7.53. The molecule has 0 radical (unpaired) electrons. The van der Waals surface area contributed by atoms with Gasteiger partial charge in [-0.1, -0.05) is 0 Å². The molecule has 2 rings (SSSR count). The van der Waals surface area contributed by atoms with E-state index in [1.807, 2.05) is 12.3 Å². The SMILES string of the molecule is CC(NC(=O)C1CCNCC1)c1csc(C(=O)NO)c1. The molecule has 1 unspecified atom stereocenters. The van der Waals surface area contributed by atoms with Gasteiger partial charge in [0, 0.05) is 5.92 Å². The van der Waals surface area contributed by atoms with Gasteiger partial charge < -0.3 is 10.6 Å². The lowest BCUT2D eigenvalue weighted by Gasteiger charge is -2.23. The molecule has 4 N–H and O–H groups in total. The van der Waals surface area contributed by atoms with Crippen molar-refractivity contribution in [1.29, 1.82) is 0 Å². The topological polar surface area (TPSA) is 90.5 Å². The molecule has 1 atom stereocenters. The highest BCUT2D eigenvalue weighted by Gasteiger charge is 2.23. The van der Waals surface area contributed by atoms with E-state index in [0.29, 0.717) is 4.88 Å². The first-order valence-electron chi connectivity index (χ1n) is 6.65. The molecule has 1 aromatic heterocycles. The lowest BCUT2D eigenvalue weighted by Crippen LogP contribution is -2.39. The summed E-state index contributed by atoms with van der Waals surface area (Å²) in [5.74, 6) is -0.394. The van der Waals surface area contributed by atoms with Crippen LogP contribution in [0, 0.1) is 5.92 Å². The average molecular weight is 297 g/mol. The van der Waals surface area contributed by atoms with Gasteiger partial charge in [0.2, 0.25) is 5.91 Å². The molecular formula is C13H19N3O3S. The third-order valence-corrected chi connectivity index (χ3v) is 4.46. The Morgan fingerprint density at radius 3 is 2.80 bits per heavy atom. The van der Waals surface area contributed by atoms with Gasteiger partial charge in [0.1, 0.15) is 0 Å². The second kappa shape index (κ2) is 6.83. The number of amides is 2. The van der Waals surface area contributed by atoms with Crippen molar-refractivity contribution < 1.29 is 14.8 Å². The second-order valence-electron chi connectivity index (χ2n) is 4.94. The molecule has 7 heteroatoms. The van der Waals surface area contributed by atoms with Crippen molar-refractivity contribution in [3.05, 3.63) is 21.9 Å². The number of carbonyl (C=O) groups is 2. The highest BCUT2D eigenvalue weighted by Crippen LogP contribution is 2.22. The summed E-state index contributed by atoms with van der Waals surface area (Å²) in [5.41, 5.74) is 2.47. The van der Waals surface area contributed by atoms with Crippen LogP contribution in [0.3, 0.4) is 0 Å². The van der Waals surface area contributed by atoms with Crippen molar-refractivity contribution in [3.8, 4) is 0 Å². The van der Waals surface area contributed by atoms with Gasteiger partial charge in [-0.15, -0.1) is 11.3 Å². The minimum atomic E-state index is -0.530. The normalized spacial score (nSPS) is 17.5. The van der Waals surface area contributed by atoms with Gasteiger partial charge in [-0.25, -0.2) is 5.48 Å². The molecule has 0 bridgehead atoms. The van der Waals surface area contributed by atoms with E-state index >= 15 is 0 Å². The summed E-state index contributed by atoms with van der Waals surface area (Å²) in [7, 11) is 0. The van der Waals surface area contributed by atoms with E-state index in [0.717, 1.165) is 31.5 Å². The first-order chi connectivity index (χ1) is 9.61. The van der Waals surface area contributed by atoms with Gasteiger partial charge in [-0.05, 0) is 49.9 Å². The molecule has 0 aliphatic carbocycles. The maximum Gasteiger partial charge on any atom is 0.284 e. The van der Waals surface area contributed by atoms with E-state index in [4.69, 9.17) is 5.21 Å². The summed E-state index contributed by atoms with van der Waals surface area (Å²) < 4.78 is 0. The molecule has 1 saturated heterocycles. The maximum atomic E-state index is 12.1. The molecule has 1 aliphatic heterocycles. The molecule has 110 valence electrons. The van der Waals surface area contributed by atoms with Crippen molar-refractivity contribution in [2.24, 2.45) is 5.92 Å². The first kappa shape index (κ1) is 15.0. The molecule has 20 heavy (non-hydrogen) atoms. The Morgan fingerprint density at radius 1 is 1.45 bits per heavy atom. The lowest BCUT2D eigenvalue weighted by molar-refractivity contribution is -0.126. The van der Waals surface area contributed by atoms with Crippen LogP contribution in [0.5, 0.6) is 0 Å². The minimum Gasteiger partial charge on any atom is -0.349 e. The van der Waals surface area contributed by atoms with E-state index in [1.165, 1.54) is 11.3 Å². The average Bonchev–Trinajstić information content (AvgIpc) is 2.97. The quantitative estimate of drug-likeness (QED) is 0.494. The predicted octanol–water partition coefficient (Wildman–Crippen LogP) is 1.04. The van der Waals surface area contributed by atoms with Crippen molar-refractivity contribution in [3.63, 3.8) is 0 Å². The van der Waals surface area contributed by atoms with Crippen molar-refractivity contribution >= 4 is 23.2 Å². The number of rotatable bonds is 4. The Labute approximate surface area is 121 Å². The number of thiophene rings is 1. The summed E-state index contributed by atoms with van der Waals surface area (Å²) >= 11 is 1.24. The fourth-order valence-electron chi connectivity index (χ4n) is 2.25. The predicted molar refractivity (Wildman–Crippen MR) is 75.7 cm³/mol. The Morgan fingerprint density at radius 2 is 2.15 bits per heavy atom. The molecule has 0 saturated carbocycles. The summed E-state index contributed by atoms with van der Waals surface area (Å²) in [6.07, 6.45) is 1.72. The van der Waals surface area contributed by atoms with Crippen LogP contribution in [0.4, 0.5) is 0 Å². The number of hydroxylamine groups is 1. The summed E-state index contributed by atoms with van der Waals surface area (Å²) in [6.45, 7) is 3.65. The molecule has 0 aromatic carbocycles. The maximum absolute atomic E-state index is 12.1. The zero-order valence-corrected chi connectivity index (χ0v) is 12.1. The van der Waals surface area contributed by atoms with E-state index in [1.54, 1.807) is 11.5 Å². The van der Waals surface area contributed by atoms with Crippen LogP contribution in [-0.2, 0) is 4.79 Å². The molecule has 1 fully saturated rings. The Bertz CT molecular complexity index is 483. The van der Waals surface area contributed by atoms with E-state index in [9.17, 15) is 9.59 Å². The van der Waals surface area contributed by atoms with Crippen LogP contribution < -0.4 is 16.1 Å². The fourth-order valence-corrected chi connectivity index (χ4v) is 3.14. The zero-order chi connectivity index (χ0) is 14.5. The highest BCUT2D eigenvalue weighted by atomic mass is 32.1. The molecule has 2 amide bonds. The van der Waals surface area contributed by atoms with E-state index in [-0.39, 0.29) is 17.9 Å². The number of nitrogens with one attached hydrogen (secondary N) is 3. The van der Waals surface area contributed by atoms with Crippen LogP contribution in [0.15, 0.2) is 11.4 Å². The Kier molecular flexibility index (Phi) is 5.11. The van der Waals surface area contributed by atoms with Crippen molar-refractivity contribution in [1.82, 2.24) is 16.1 Å². The largest absolute Gasteiger partial charge is 0.349 e. The van der Waals surface area contributed by atoms with Crippen LogP contribution >= 0.6 is 11.3 Å². The van der Waals surface area contributed by atoms with Gasteiger partial charge in [-0.3, -0.25) is 14.8 Å². The lowest BCUT2D eigenvalue weighted by atomic mass is 9.96. The van der Waals surface area contributed by atoms with Gasteiger partial charge >= 0.3 is 0 Å². The number of hydrogen-bond acceptors (Lipinski definition) is 5. The smallest absolute Gasteiger partial charge is 0.284 e. The monoisotopic (exact) mass is 297 g/mol. The highest BCUT2D eigenvalue weighted by molar-refractivity contribution is 7.12. The van der Waals surface area contributed by atoms with Crippen LogP contribution in [0.25, 0.3) is 0 Å². The molecule has 0 spiro atoms. The van der Waals surface area contributed by atoms with Crippen LogP contribution in [0.2, 0.25) is 0 Å². The fraction of sp³-hybridized carbons (Fsp3) is 0.538. The summed E-state index contributed by atoms with van der Waals surface area (Å²) in [5, 5.41) is 16.6. The van der Waals surface area contributed by atoms with Crippen LogP contribution in [0.1, 0.15) is 41.0 Å². The van der Waals surface area contributed by atoms with E-state index in [2.05, 4.69) is 10.6 Å². The third-order valence-electron chi connectivity index (χ3n) is 3.51. The molecule has 1 aliphatic rings. The molecule has 1 aromatic rings. The summed E-state index contributed by atoms with van der Waals surface area (Å²) in [4.78, 5) is 23.8. The second-order valence-corrected chi connectivity index (χ2v) is 5.85. The Balaban J connectivity index is 1.93. The van der Waals surface area contributed by atoms with Crippen molar-refractivity contribution in [2.45, 2.75) is 25.8 Å². The van der Waals surface area contributed by atoms with Gasteiger partial charge in [-0.2, -0.15) is 0 Å². The van der Waals surface area contributed by atoms with Crippen LogP contribution in [-0.4, -0.2) is 30.1 Å². The van der Waals surface area contributed by atoms with Gasteiger partial charge in [0.05, 0.1) is 10.9 Å². The van der Waals surface area contributed by atoms with E-state index < -0.39 is 5.91 Å². The number of hydrogen-bond donors (Lipinski definition) is 4. The minimum absolute atomic E-state index is 0.0672. The number of piperidine rings is 1. The molecule has 6 nitrogen and oxygen atoms in total. The Hall–Kier alpha value is -1.44. The molecule has 2 heterocycles. The molecular weight excluding hydrogens is 278 g/mol. The third kappa shape index (κ3) is 3.56. The standard InChI is InChI=1S/C13H19N3O3S/c1-8(10-6-11(20-7-10)13(18)16-19)15-12(17)9-2-4-14-5-3-9/h6-9,14,19H,2-5H2,1H3,(H,15,17)(H,16,18). The zero-order valence-electron chi connectivity index (χ0n) is 11.3. The van der Waals surface area contributed by atoms with Crippen molar-refractivity contribution in [2.75, 3.05) is 13.1 Å². The van der Waals surface area contributed by atoms with Gasteiger partial charge in [0.15, 0.2) is 0 Å². The number of carbonyl (C=O) groups excluding carboxylic acids is 2. The summed E-state index contributed by atoms with van der Waals surface area (Å²) in [6, 6.07) is 1.54.